The van der Waals surface area contributed by atoms with Crippen LogP contribution in [0.5, 0.6) is 0 Å². The van der Waals surface area contributed by atoms with E-state index in [0.29, 0.717) is 24.0 Å². The minimum absolute atomic E-state index is 0.0173. The van der Waals surface area contributed by atoms with Gasteiger partial charge in [0.1, 0.15) is 0 Å². The van der Waals surface area contributed by atoms with E-state index in [0.717, 1.165) is 0 Å². The van der Waals surface area contributed by atoms with Crippen LogP contribution in [0.2, 0.25) is 0 Å². The van der Waals surface area contributed by atoms with E-state index in [4.69, 9.17) is 10.00 Å². The minimum Gasteiger partial charge on any atom is -0.450 e. The minimum atomic E-state index is -0.447. The van der Waals surface area contributed by atoms with Gasteiger partial charge in [0, 0.05) is 17.5 Å². The molecule has 0 saturated carbocycles. The molecule has 0 unspecified atom stereocenters. The average molecular weight is 330 g/mol. The Labute approximate surface area is 144 Å². The molecule has 0 aliphatic rings. The van der Waals surface area contributed by atoms with Crippen LogP contribution in [-0.4, -0.2) is 24.0 Å². The largest absolute Gasteiger partial charge is 0.450 e. The summed E-state index contributed by atoms with van der Waals surface area (Å²) in [6.07, 6.45) is 0.493. The molecule has 0 bridgehead atoms. The highest BCUT2D eigenvalue weighted by molar-refractivity contribution is 5.96. The summed E-state index contributed by atoms with van der Waals surface area (Å²) < 4.78 is 5.17. The van der Waals surface area contributed by atoms with Crippen molar-refractivity contribution in [3.05, 3.63) is 35.4 Å². The number of alkyl carbamates (subject to hydrolysis) is 1. The molecule has 0 aliphatic heterocycles. The van der Waals surface area contributed by atoms with Crippen molar-refractivity contribution in [2.24, 2.45) is 5.41 Å². The van der Waals surface area contributed by atoms with Gasteiger partial charge in [-0.1, -0.05) is 26.0 Å². The number of rotatable bonds is 6. The maximum absolute atomic E-state index is 12.3. The molecule has 0 fully saturated rings. The summed E-state index contributed by atoms with van der Waals surface area (Å²) in [5.74, 6) is 0.0173. The van der Waals surface area contributed by atoms with Crippen LogP contribution in [0.25, 0.3) is 0 Å². The van der Waals surface area contributed by atoms with Gasteiger partial charge in [0.15, 0.2) is 5.78 Å². The molecule has 1 N–H and O–H groups in total. The van der Waals surface area contributed by atoms with Crippen LogP contribution < -0.4 is 5.32 Å². The Balaban J connectivity index is 2.49. The second-order valence-electron chi connectivity index (χ2n) is 7.71. The number of carbonyl (C=O) groups is 2. The zero-order chi connectivity index (χ0) is 18.4. The Bertz CT molecular complexity index is 619. The van der Waals surface area contributed by atoms with Crippen molar-refractivity contribution in [2.45, 2.75) is 53.0 Å². The first-order valence-corrected chi connectivity index (χ1v) is 8.01. The van der Waals surface area contributed by atoms with Crippen LogP contribution in [0.3, 0.4) is 0 Å². The molecule has 0 aromatic heterocycles. The van der Waals surface area contributed by atoms with E-state index in [1.165, 1.54) is 0 Å². The molecule has 1 aromatic rings. The molecule has 0 spiro atoms. The molecule has 0 saturated heterocycles. The van der Waals surface area contributed by atoms with Crippen LogP contribution in [0, 0.1) is 16.7 Å². The fourth-order valence-electron chi connectivity index (χ4n) is 2.12. The molecular formula is C19H26N2O3. The van der Waals surface area contributed by atoms with Crippen LogP contribution in [0.15, 0.2) is 24.3 Å². The molecular weight excluding hydrogens is 304 g/mol. The summed E-state index contributed by atoms with van der Waals surface area (Å²) >= 11 is 0. The molecule has 0 heterocycles. The van der Waals surface area contributed by atoms with Crippen molar-refractivity contribution in [1.29, 1.82) is 5.26 Å². The molecule has 1 rings (SSSR count). The Morgan fingerprint density at radius 1 is 1.12 bits per heavy atom. The number of Topliss-reactive ketones (excluding diaryl/α,β-unsaturated/α-hetero) is 1. The summed E-state index contributed by atoms with van der Waals surface area (Å²) in [4.78, 5) is 24.0. The monoisotopic (exact) mass is 330 g/mol. The lowest BCUT2D eigenvalue weighted by atomic mass is 9.83. The third kappa shape index (κ3) is 7.28. The molecule has 5 nitrogen and oxygen atoms in total. The highest BCUT2D eigenvalue weighted by Crippen LogP contribution is 2.27. The molecule has 0 aliphatic carbocycles. The molecule has 1 amide bonds. The Kier molecular flexibility index (Phi) is 6.53. The summed E-state index contributed by atoms with van der Waals surface area (Å²) in [6, 6.07) is 8.65. The predicted molar refractivity (Wildman–Crippen MR) is 92.7 cm³/mol. The van der Waals surface area contributed by atoms with Gasteiger partial charge in [0.05, 0.1) is 18.2 Å². The van der Waals surface area contributed by atoms with Gasteiger partial charge in [-0.3, -0.25) is 4.79 Å². The van der Waals surface area contributed by atoms with E-state index in [1.54, 1.807) is 24.3 Å². The number of nitriles is 1. The van der Waals surface area contributed by atoms with E-state index in [9.17, 15) is 9.59 Å². The summed E-state index contributed by atoms with van der Waals surface area (Å²) in [7, 11) is 0. The van der Waals surface area contributed by atoms with Crippen molar-refractivity contribution < 1.29 is 14.3 Å². The summed E-state index contributed by atoms with van der Waals surface area (Å²) in [6.45, 7) is 9.85. The fraction of sp³-hybridized carbons (Fsp3) is 0.526. The zero-order valence-corrected chi connectivity index (χ0v) is 15.1. The van der Waals surface area contributed by atoms with Gasteiger partial charge in [-0.2, -0.15) is 5.26 Å². The number of hydrogen-bond acceptors (Lipinski definition) is 4. The van der Waals surface area contributed by atoms with E-state index in [1.807, 2.05) is 40.7 Å². The number of benzene rings is 1. The number of nitrogens with one attached hydrogen (secondary N) is 1. The third-order valence-electron chi connectivity index (χ3n) is 3.46. The number of carbonyl (C=O) groups excluding carboxylic acids is 2. The first-order valence-electron chi connectivity index (χ1n) is 8.01. The first kappa shape index (κ1) is 19.7. The second-order valence-corrected chi connectivity index (χ2v) is 7.71. The molecule has 0 atom stereocenters. The van der Waals surface area contributed by atoms with E-state index < -0.39 is 6.09 Å². The lowest BCUT2D eigenvalue weighted by Crippen LogP contribution is -2.41. The molecule has 130 valence electrons. The lowest BCUT2D eigenvalue weighted by molar-refractivity contribution is 0.0890. The Hall–Kier alpha value is -2.35. The summed E-state index contributed by atoms with van der Waals surface area (Å²) in [5, 5.41) is 11.5. The van der Waals surface area contributed by atoms with Crippen LogP contribution in [-0.2, 0) is 4.74 Å². The highest BCUT2D eigenvalue weighted by Gasteiger charge is 2.24. The van der Waals surface area contributed by atoms with Crippen LogP contribution >= 0.6 is 0 Å². The molecule has 24 heavy (non-hydrogen) atoms. The SMILES string of the molecule is CC(C)(CCOC(=O)NC(C)(C)C)CC(=O)c1ccc(C#N)cc1. The van der Waals surface area contributed by atoms with Gasteiger partial charge in [-0.05, 0) is 44.7 Å². The highest BCUT2D eigenvalue weighted by atomic mass is 16.5. The van der Waals surface area contributed by atoms with Crippen molar-refractivity contribution in [3.8, 4) is 6.07 Å². The summed E-state index contributed by atoms with van der Waals surface area (Å²) in [5.41, 5.74) is 0.503. The molecule has 5 heteroatoms. The zero-order valence-electron chi connectivity index (χ0n) is 15.1. The quantitative estimate of drug-likeness (QED) is 0.797. The Morgan fingerprint density at radius 2 is 1.71 bits per heavy atom. The lowest BCUT2D eigenvalue weighted by Gasteiger charge is -2.24. The maximum atomic E-state index is 12.3. The normalized spacial score (nSPS) is 11.5. The predicted octanol–water partition coefficient (Wildman–Crippen LogP) is 4.07. The van der Waals surface area contributed by atoms with Gasteiger partial charge in [-0.25, -0.2) is 4.79 Å². The average Bonchev–Trinajstić information content (AvgIpc) is 2.44. The van der Waals surface area contributed by atoms with Gasteiger partial charge in [-0.15, -0.1) is 0 Å². The van der Waals surface area contributed by atoms with Crippen LogP contribution in [0.4, 0.5) is 4.79 Å². The first-order chi connectivity index (χ1) is 11.0. The standard InChI is InChI=1S/C19H26N2O3/c1-18(2,3)21-17(23)24-11-10-19(4,5)12-16(22)15-8-6-14(13-20)7-9-15/h6-9H,10-12H2,1-5H3,(H,21,23). The van der Waals surface area contributed by atoms with Crippen molar-refractivity contribution >= 4 is 11.9 Å². The van der Waals surface area contributed by atoms with Crippen LogP contribution in [0.1, 0.15) is 63.4 Å². The number of hydrogen-bond donors (Lipinski definition) is 1. The third-order valence-corrected chi connectivity index (χ3v) is 3.46. The van der Waals surface area contributed by atoms with Gasteiger partial charge >= 0.3 is 6.09 Å². The van der Waals surface area contributed by atoms with E-state index in [2.05, 4.69) is 5.32 Å². The van der Waals surface area contributed by atoms with Crippen molar-refractivity contribution in [3.63, 3.8) is 0 Å². The number of amides is 1. The second kappa shape index (κ2) is 7.96. The number of nitrogens with zero attached hydrogens (tertiary/aromatic N) is 1. The Morgan fingerprint density at radius 3 is 2.21 bits per heavy atom. The van der Waals surface area contributed by atoms with Gasteiger partial charge in [0.2, 0.25) is 0 Å². The van der Waals surface area contributed by atoms with E-state index in [-0.39, 0.29) is 23.3 Å². The van der Waals surface area contributed by atoms with Gasteiger partial charge < -0.3 is 10.1 Å². The number of ketones is 1. The fourth-order valence-corrected chi connectivity index (χ4v) is 2.12. The van der Waals surface area contributed by atoms with Gasteiger partial charge in [0.25, 0.3) is 0 Å². The maximum Gasteiger partial charge on any atom is 0.407 e. The molecule has 0 radical (unpaired) electrons. The topological polar surface area (TPSA) is 79.2 Å². The van der Waals surface area contributed by atoms with Crippen molar-refractivity contribution in [2.75, 3.05) is 6.61 Å². The number of ether oxygens (including phenoxy) is 1. The van der Waals surface area contributed by atoms with E-state index >= 15 is 0 Å². The molecule has 1 aromatic carbocycles. The van der Waals surface area contributed by atoms with Crippen molar-refractivity contribution in [1.82, 2.24) is 5.32 Å². The smallest absolute Gasteiger partial charge is 0.407 e.